The van der Waals surface area contributed by atoms with Crippen molar-refractivity contribution in [3.63, 3.8) is 0 Å². The zero-order chi connectivity index (χ0) is 27.9. The second-order valence-electron chi connectivity index (χ2n) is 10.9. The lowest BCUT2D eigenvalue weighted by Gasteiger charge is -2.32. The number of aromatic nitrogens is 4. The van der Waals surface area contributed by atoms with E-state index in [1.54, 1.807) is 32.8 Å². The van der Waals surface area contributed by atoms with Crippen LogP contribution in [0.1, 0.15) is 55.4 Å². The van der Waals surface area contributed by atoms with Crippen molar-refractivity contribution >= 4 is 41.1 Å². The van der Waals surface area contributed by atoms with Crippen LogP contribution < -0.4 is 10.9 Å². The van der Waals surface area contributed by atoms with Gasteiger partial charge in [-0.15, -0.1) is 0 Å². The van der Waals surface area contributed by atoms with Gasteiger partial charge in [-0.3, -0.25) is 9.78 Å². The number of methoxy groups -OCH3 is 2. The minimum atomic E-state index is -0.341. The summed E-state index contributed by atoms with van der Waals surface area (Å²) in [4.78, 5) is 0. The second-order valence-corrected chi connectivity index (χ2v) is 11.7. The van der Waals surface area contributed by atoms with Crippen LogP contribution in [0.3, 0.4) is 0 Å². The van der Waals surface area contributed by atoms with Crippen molar-refractivity contribution in [1.82, 2.24) is 20.0 Å². The molecule has 2 aromatic heterocycles. The molecule has 2 saturated heterocycles. The summed E-state index contributed by atoms with van der Waals surface area (Å²) >= 11 is 3.18. The maximum absolute atomic E-state index is 5.96. The number of hydrogen-bond acceptors (Lipinski definition) is 8. The van der Waals surface area contributed by atoms with Crippen molar-refractivity contribution in [1.29, 1.82) is 0 Å². The van der Waals surface area contributed by atoms with E-state index in [1.165, 1.54) is 0 Å². The Morgan fingerprint density at radius 1 is 0.811 bits per heavy atom. The van der Waals surface area contributed by atoms with Gasteiger partial charge in [0.1, 0.15) is 0 Å². The van der Waals surface area contributed by atoms with Crippen LogP contribution in [0.4, 0.5) is 0 Å². The maximum atomic E-state index is 5.96. The predicted molar refractivity (Wildman–Crippen MR) is 150 cm³/mol. The largest absolute Gasteiger partial charge is 0.498 e. The van der Waals surface area contributed by atoms with Gasteiger partial charge in [-0.1, -0.05) is 15.9 Å². The number of halogens is 1. The number of nitrogens with zero attached hydrogens (tertiary/aromatic N) is 3. The molecule has 4 heterocycles. The van der Waals surface area contributed by atoms with Gasteiger partial charge < -0.3 is 28.1 Å². The molecule has 13 heteroatoms. The molecule has 0 spiro atoms. The van der Waals surface area contributed by atoms with Crippen LogP contribution in [-0.2, 0) is 34.6 Å². The summed E-state index contributed by atoms with van der Waals surface area (Å²) in [6, 6.07) is 0. The third-order valence-electron chi connectivity index (χ3n) is 7.03. The Morgan fingerprint density at radius 3 is 1.68 bits per heavy atom. The van der Waals surface area contributed by atoms with Gasteiger partial charge in [-0.25, -0.2) is 0 Å². The molecule has 0 atom stereocenters. The fourth-order valence-corrected chi connectivity index (χ4v) is 3.56. The quantitative estimate of drug-likeness (QED) is 0.391. The molecule has 0 aromatic carbocycles. The van der Waals surface area contributed by atoms with Crippen LogP contribution in [0.25, 0.3) is 0 Å². The molecule has 0 saturated carbocycles. The predicted octanol–water partition coefficient (Wildman–Crippen LogP) is 2.57. The normalized spacial score (nSPS) is 20.7. The molecule has 0 unspecified atom stereocenters. The summed E-state index contributed by atoms with van der Waals surface area (Å²) in [6.45, 7) is 18.5. The summed E-state index contributed by atoms with van der Waals surface area (Å²) < 4.78 is 35.1. The van der Waals surface area contributed by atoms with Gasteiger partial charge in [-0.05, 0) is 55.4 Å². The van der Waals surface area contributed by atoms with Gasteiger partial charge in [0, 0.05) is 55.3 Å². The van der Waals surface area contributed by atoms with Crippen LogP contribution in [0.5, 0.6) is 0 Å². The molecule has 208 valence electrons. The monoisotopic (exact) mass is 584 g/mol. The van der Waals surface area contributed by atoms with E-state index in [0.29, 0.717) is 6.61 Å². The average Bonchev–Trinajstić information content (AvgIpc) is 3.56. The highest BCUT2D eigenvalue weighted by molar-refractivity contribution is 9.09. The number of aromatic amines is 1. The van der Waals surface area contributed by atoms with E-state index in [1.807, 2.05) is 66.3 Å². The van der Waals surface area contributed by atoms with E-state index in [2.05, 4.69) is 36.0 Å². The summed E-state index contributed by atoms with van der Waals surface area (Å²) in [7, 11) is 2.71. The van der Waals surface area contributed by atoms with E-state index in [-0.39, 0.29) is 36.6 Å². The van der Waals surface area contributed by atoms with Gasteiger partial charge in [0.2, 0.25) is 0 Å². The van der Waals surface area contributed by atoms with Gasteiger partial charge in [-0.2, -0.15) is 10.2 Å². The highest BCUT2D eigenvalue weighted by Gasteiger charge is 2.53. The number of H-pyrrole nitrogens is 1. The van der Waals surface area contributed by atoms with Crippen molar-refractivity contribution in [2.24, 2.45) is 0 Å². The van der Waals surface area contributed by atoms with Crippen LogP contribution in [-0.4, -0.2) is 89.4 Å². The Balaban J connectivity index is 0.000000225. The SMILES string of the molecule is CC1(C)OB(c2cn[nH]c2)OC1(C)C.COCCBr.COCCn1cc(B2OC(C)(C)C(C)(C)O2)cn1. The standard InChI is InChI=1S/C12H21BN2O3.C9H15BN2O2.C3H7BrO/c1-11(2)12(3,4)18-13(17-11)10-8-14-15(9-10)6-7-16-5;1-8(2)9(3,4)14-10(13-8)7-5-11-12-6-7;1-5-3-2-4/h8-9H,6-7H2,1-5H3;5-6H,1-4H3,(H,11,12);2-3H2,1H3. The Bertz CT molecular complexity index is 906. The first-order valence-electron chi connectivity index (χ1n) is 12.5. The topological polar surface area (TPSA) is 102 Å². The first-order chi connectivity index (χ1) is 17.2. The number of rotatable bonds is 7. The number of alkyl halides is 1. The Morgan fingerprint density at radius 2 is 1.30 bits per heavy atom. The molecular formula is C24H43B2BrN4O6. The van der Waals surface area contributed by atoms with E-state index in [9.17, 15) is 0 Å². The second kappa shape index (κ2) is 13.2. The Labute approximate surface area is 230 Å². The number of nitrogens with one attached hydrogen (secondary N) is 1. The van der Waals surface area contributed by atoms with Crippen molar-refractivity contribution in [2.45, 2.75) is 84.3 Å². The van der Waals surface area contributed by atoms with E-state index in [0.717, 1.165) is 29.4 Å². The molecule has 2 aliphatic heterocycles. The third-order valence-corrected chi connectivity index (χ3v) is 7.35. The minimum Gasteiger partial charge on any atom is -0.399 e. The number of hydrogen-bond donors (Lipinski definition) is 1. The van der Waals surface area contributed by atoms with Gasteiger partial charge in [0.05, 0.1) is 42.2 Å². The molecule has 0 amide bonds. The van der Waals surface area contributed by atoms with Crippen molar-refractivity contribution in [3.05, 3.63) is 24.8 Å². The molecule has 4 rings (SSSR count). The van der Waals surface area contributed by atoms with E-state index in [4.69, 9.17) is 23.4 Å². The van der Waals surface area contributed by atoms with Crippen molar-refractivity contribution in [3.8, 4) is 0 Å². The molecule has 0 bridgehead atoms. The molecular weight excluding hydrogens is 542 g/mol. The minimum absolute atomic E-state index is 0.283. The maximum Gasteiger partial charge on any atom is 0.498 e. The molecule has 0 aliphatic carbocycles. The van der Waals surface area contributed by atoms with Gasteiger partial charge in [0.15, 0.2) is 0 Å². The zero-order valence-corrected chi connectivity index (χ0v) is 25.5. The highest BCUT2D eigenvalue weighted by atomic mass is 79.9. The van der Waals surface area contributed by atoms with E-state index < -0.39 is 0 Å². The van der Waals surface area contributed by atoms with Gasteiger partial charge >= 0.3 is 14.2 Å². The molecule has 37 heavy (non-hydrogen) atoms. The zero-order valence-electron chi connectivity index (χ0n) is 24.0. The highest BCUT2D eigenvalue weighted by Crippen LogP contribution is 2.37. The van der Waals surface area contributed by atoms with Crippen molar-refractivity contribution in [2.75, 3.05) is 32.8 Å². The summed E-state index contributed by atoms with van der Waals surface area (Å²) in [5.74, 6) is 0. The summed E-state index contributed by atoms with van der Waals surface area (Å²) in [6.07, 6.45) is 7.25. The van der Waals surface area contributed by atoms with Crippen LogP contribution in [0.15, 0.2) is 24.8 Å². The average molecular weight is 585 g/mol. The first kappa shape index (κ1) is 32.0. The molecule has 10 nitrogen and oxygen atoms in total. The third kappa shape index (κ3) is 8.39. The fourth-order valence-electron chi connectivity index (χ4n) is 3.23. The molecule has 0 radical (unpaired) electrons. The van der Waals surface area contributed by atoms with E-state index >= 15 is 0 Å². The van der Waals surface area contributed by atoms with Crippen LogP contribution >= 0.6 is 15.9 Å². The molecule has 1 N–H and O–H groups in total. The van der Waals surface area contributed by atoms with Gasteiger partial charge in [0.25, 0.3) is 0 Å². The Kier molecular flexibility index (Phi) is 11.4. The van der Waals surface area contributed by atoms with Crippen LogP contribution in [0, 0.1) is 0 Å². The van der Waals surface area contributed by atoms with Crippen molar-refractivity contribution < 1.29 is 28.1 Å². The number of ether oxygens (including phenoxy) is 2. The Hall–Kier alpha value is -1.21. The van der Waals surface area contributed by atoms with Crippen LogP contribution in [0.2, 0.25) is 0 Å². The lowest BCUT2D eigenvalue weighted by Crippen LogP contribution is -2.41. The molecule has 2 aromatic rings. The molecule has 2 aliphatic rings. The smallest absolute Gasteiger partial charge is 0.399 e. The lowest BCUT2D eigenvalue weighted by atomic mass is 9.82. The summed E-state index contributed by atoms with van der Waals surface area (Å²) in [5.41, 5.74) is 0.691. The lowest BCUT2D eigenvalue weighted by molar-refractivity contribution is 0.00578. The summed E-state index contributed by atoms with van der Waals surface area (Å²) in [5, 5.41) is 11.8. The first-order valence-corrected chi connectivity index (χ1v) is 13.6. The molecule has 2 fully saturated rings. The fraction of sp³-hybridized carbons (Fsp3) is 0.750.